The first-order valence-corrected chi connectivity index (χ1v) is 13.0. The number of pyridine rings is 1. The van der Waals surface area contributed by atoms with Crippen molar-refractivity contribution in [2.24, 2.45) is 4.36 Å². The number of aromatic nitrogens is 3. The third-order valence-corrected chi connectivity index (χ3v) is 5.87. The van der Waals surface area contributed by atoms with Gasteiger partial charge in [-0.1, -0.05) is 18.7 Å². The van der Waals surface area contributed by atoms with Gasteiger partial charge in [0.1, 0.15) is 17.5 Å². The van der Waals surface area contributed by atoms with Crippen LogP contribution in [0.2, 0.25) is 0 Å². The van der Waals surface area contributed by atoms with Gasteiger partial charge in [0.25, 0.3) is 0 Å². The first kappa shape index (κ1) is 23.4. The molecular weight excluding hydrogens is 448 g/mol. The van der Waals surface area contributed by atoms with E-state index in [-0.39, 0.29) is 5.56 Å². The zero-order valence-electron chi connectivity index (χ0n) is 19.4. The molecule has 1 aromatic carbocycles. The van der Waals surface area contributed by atoms with Crippen LogP contribution in [-0.4, -0.2) is 50.2 Å². The van der Waals surface area contributed by atoms with Crippen molar-refractivity contribution in [2.45, 2.75) is 13.0 Å². The lowest BCUT2D eigenvalue weighted by molar-refractivity contribution is 0.313. The van der Waals surface area contributed by atoms with Crippen LogP contribution < -0.4 is 10.6 Å². The molecule has 0 aliphatic carbocycles. The van der Waals surface area contributed by atoms with E-state index in [1.54, 1.807) is 30.7 Å². The van der Waals surface area contributed by atoms with Gasteiger partial charge in [0, 0.05) is 41.0 Å². The Morgan fingerprint density at radius 2 is 2.09 bits per heavy atom. The van der Waals surface area contributed by atoms with Crippen molar-refractivity contribution in [1.82, 2.24) is 19.9 Å². The van der Waals surface area contributed by atoms with E-state index >= 15 is 0 Å². The van der Waals surface area contributed by atoms with Crippen LogP contribution in [0.15, 0.2) is 47.5 Å². The minimum Gasteiger partial charge on any atom is -0.324 e. The number of fused-ring (bicyclic) bond motifs is 1. The highest BCUT2D eigenvalue weighted by Crippen LogP contribution is 2.29. The SMILES string of the molecule is C=Cc1cc(Nc2ncc(C#N)c(Nc3cccc(N=S(C)(C)=O)n3)n2)cc2c1CCN(C)C2. The van der Waals surface area contributed by atoms with E-state index in [1.165, 1.54) is 17.3 Å². The van der Waals surface area contributed by atoms with Gasteiger partial charge in [0.2, 0.25) is 5.95 Å². The Bertz CT molecular complexity index is 1410. The fourth-order valence-electron chi connectivity index (χ4n) is 3.77. The number of nitrogens with one attached hydrogen (secondary N) is 2. The molecule has 0 fully saturated rings. The van der Waals surface area contributed by atoms with E-state index < -0.39 is 9.73 Å². The van der Waals surface area contributed by atoms with Gasteiger partial charge in [0.15, 0.2) is 11.6 Å². The first-order valence-electron chi connectivity index (χ1n) is 10.7. The smallest absolute Gasteiger partial charge is 0.229 e. The summed E-state index contributed by atoms with van der Waals surface area (Å²) in [6.07, 6.45) is 7.40. The lowest BCUT2D eigenvalue weighted by Crippen LogP contribution is -2.27. The summed E-state index contributed by atoms with van der Waals surface area (Å²) in [5, 5.41) is 15.8. The molecule has 0 amide bonds. The van der Waals surface area contributed by atoms with E-state index in [4.69, 9.17) is 0 Å². The number of likely N-dealkylation sites (N-methyl/N-ethyl adjacent to an activating group) is 1. The van der Waals surface area contributed by atoms with Crippen molar-refractivity contribution < 1.29 is 4.21 Å². The number of hydrogen-bond donors (Lipinski definition) is 2. The third kappa shape index (κ3) is 5.57. The van der Waals surface area contributed by atoms with E-state index in [0.29, 0.717) is 23.4 Å². The number of rotatable bonds is 6. The van der Waals surface area contributed by atoms with Crippen LogP contribution >= 0.6 is 0 Å². The maximum Gasteiger partial charge on any atom is 0.229 e. The zero-order chi connectivity index (χ0) is 24.3. The van der Waals surface area contributed by atoms with Gasteiger partial charge >= 0.3 is 0 Å². The zero-order valence-corrected chi connectivity index (χ0v) is 20.2. The lowest BCUT2D eigenvalue weighted by atomic mass is 9.94. The number of nitrogens with zero attached hydrogens (tertiary/aromatic N) is 6. The summed E-state index contributed by atoms with van der Waals surface area (Å²) in [5.41, 5.74) is 4.77. The summed E-state index contributed by atoms with van der Waals surface area (Å²) in [4.78, 5) is 15.4. The molecule has 0 radical (unpaired) electrons. The van der Waals surface area contributed by atoms with E-state index in [9.17, 15) is 9.47 Å². The normalized spacial score (nSPS) is 13.5. The Morgan fingerprint density at radius 3 is 2.82 bits per heavy atom. The molecule has 0 bridgehead atoms. The largest absolute Gasteiger partial charge is 0.324 e. The highest BCUT2D eigenvalue weighted by Gasteiger charge is 2.17. The Balaban J connectivity index is 1.64. The summed E-state index contributed by atoms with van der Waals surface area (Å²) < 4.78 is 16.1. The molecule has 1 aliphatic heterocycles. The van der Waals surface area contributed by atoms with E-state index in [0.717, 1.165) is 30.8 Å². The maximum atomic E-state index is 12.0. The van der Waals surface area contributed by atoms with Crippen LogP contribution in [0.3, 0.4) is 0 Å². The molecule has 0 spiro atoms. The second-order valence-electron chi connectivity index (χ2n) is 8.37. The molecule has 0 saturated carbocycles. The predicted octanol–water partition coefficient (Wildman–Crippen LogP) is 4.22. The van der Waals surface area contributed by atoms with Gasteiger partial charge in [0.05, 0.1) is 6.20 Å². The summed E-state index contributed by atoms with van der Waals surface area (Å²) in [5.74, 6) is 1.41. The van der Waals surface area contributed by atoms with Crippen LogP contribution in [-0.2, 0) is 22.7 Å². The molecule has 174 valence electrons. The summed E-state index contributed by atoms with van der Waals surface area (Å²) in [6.45, 7) is 5.85. The standard InChI is InChI=1S/C24H26N8OS/c1-5-16-11-19(12-17-15-32(2)10-9-20(16)17)27-24-26-14-18(13-25)23(30-24)29-21-7-6-8-22(28-21)31-34(3,4)33/h5-8,11-12,14H,1,9-10,15H2,2-4H3,(H2,26,27,28,29,30). The van der Waals surface area contributed by atoms with Crippen molar-refractivity contribution >= 4 is 44.9 Å². The van der Waals surface area contributed by atoms with E-state index in [1.807, 2.05) is 12.1 Å². The van der Waals surface area contributed by atoms with Crippen molar-refractivity contribution in [1.29, 1.82) is 5.26 Å². The molecule has 0 unspecified atom stereocenters. The second-order valence-corrected chi connectivity index (χ2v) is 10.9. The highest BCUT2D eigenvalue weighted by molar-refractivity contribution is 7.92. The van der Waals surface area contributed by atoms with Gasteiger partial charge in [-0.3, -0.25) is 0 Å². The topological polar surface area (TPSA) is 119 Å². The molecule has 1 aliphatic rings. The number of nitriles is 1. The molecule has 0 atom stereocenters. The van der Waals surface area contributed by atoms with Gasteiger partial charge in [-0.25, -0.2) is 14.2 Å². The molecule has 0 saturated heterocycles. The minimum absolute atomic E-state index is 0.267. The van der Waals surface area contributed by atoms with Gasteiger partial charge in [-0.05, 0) is 54.4 Å². The van der Waals surface area contributed by atoms with Crippen molar-refractivity contribution in [2.75, 3.05) is 36.7 Å². The highest BCUT2D eigenvalue weighted by atomic mass is 32.2. The van der Waals surface area contributed by atoms with Crippen molar-refractivity contribution in [3.8, 4) is 6.07 Å². The summed E-state index contributed by atoms with van der Waals surface area (Å²) in [6, 6.07) is 11.4. The average molecular weight is 475 g/mol. The van der Waals surface area contributed by atoms with Crippen molar-refractivity contribution in [3.63, 3.8) is 0 Å². The Labute approximate surface area is 199 Å². The Kier molecular flexibility index (Phi) is 6.58. The number of hydrogen-bond acceptors (Lipinski definition) is 9. The number of anilines is 4. The van der Waals surface area contributed by atoms with Gasteiger partial charge in [-0.15, -0.1) is 0 Å². The first-order chi connectivity index (χ1) is 16.2. The molecule has 34 heavy (non-hydrogen) atoms. The molecule has 3 aromatic rings. The average Bonchev–Trinajstić information content (AvgIpc) is 2.77. The lowest BCUT2D eigenvalue weighted by Gasteiger charge is -2.27. The molecule has 9 nitrogen and oxygen atoms in total. The monoisotopic (exact) mass is 474 g/mol. The maximum absolute atomic E-state index is 12.0. The summed E-state index contributed by atoms with van der Waals surface area (Å²) >= 11 is 0. The quantitative estimate of drug-likeness (QED) is 0.545. The Hall–Kier alpha value is -3.81. The fraction of sp³-hybridized carbons (Fsp3) is 0.250. The van der Waals surface area contributed by atoms with Crippen molar-refractivity contribution in [3.05, 3.63) is 65.4 Å². The van der Waals surface area contributed by atoms with Gasteiger partial charge < -0.3 is 15.5 Å². The molecule has 2 N–H and O–H groups in total. The van der Waals surface area contributed by atoms with Crippen LogP contribution in [0.25, 0.3) is 6.08 Å². The third-order valence-electron chi connectivity index (χ3n) is 5.24. The van der Waals surface area contributed by atoms with Crippen LogP contribution in [0.5, 0.6) is 0 Å². The second kappa shape index (κ2) is 9.59. The molecule has 4 rings (SSSR count). The molecular formula is C24H26N8OS. The fourth-order valence-corrected chi connectivity index (χ4v) is 4.32. The molecule has 3 heterocycles. The van der Waals surface area contributed by atoms with E-state index in [2.05, 4.69) is 60.6 Å². The van der Waals surface area contributed by atoms with Crippen LogP contribution in [0.1, 0.15) is 22.3 Å². The van der Waals surface area contributed by atoms with Crippen LogP contribution in [0.4, 0.5) is 29.1 Å². The van der Waals surface area contributed by atoms with Gasteiger partial charge in [-0.2, -0.15) is 14.6 Å². The predicted molar refractivity (Wildman–Crippen MR) is 136 cm³/mol. The Morgan fingerprint density at radius 1 is 1.26 bits per heavy atom. The molecule has 2 aromatic heterocycles. The molecule has 10 heteroatoms. The summed E-state index contributed by atoms with van der Waals surface area (Å²) in [7, 11) is -0.245. The number of benzene rings is 1. The van der Waals surface area contributed by atoms with Crippen LogP contribution in [0, 0.1) is 11.3 Å². The minimum atomic E-state index is -2.35.